The maximum absolute atomic E-state index is 12.3. The predicted octanol–water partition coefficient (Wildman–Crippen LogP) is 4.28. The van der Waals surface area contributed by atoms with E-state index in [2.05, 4.69) is 39.2 Å². The Morgan fingerprint density at radius 3 is 2.81 bits per heavy atom. The molecule has 0 radical (unpaired) electrons. The number of fused-ring (bicyclic) bond motifs is 2. The molecule has 4 aromatic rings. The van der Waals surface area contributed by atoms with Crippen molar-refractivity contribution in [2.24, 2.45) is 0 Å². The summed E-state index contributed by atoms with van der Waals surface area (Å²) in [7, 11) is 0. The molecule has 2 aromatic heterocycles. The highest BCUT2D eigenvalue weighted by Crippen LogP contribution is 2.26. The molecule has 0 bridgehead atoms. The highest BCUT2D eigenvalue weighted by molar-refractivity contribution is 7.98. The monoisotopic (exact) mass is 447 g/mol. The van der Waals surface area contributed by atoms with Crippen LogP contribution in [0, 0.1) is 0 Å². The van der Waals surface area contributed by atoms with Crippen LogP contribution < -0.4 is 10.3 Å². The van der Waals surface area contributed by atoms with Crippen molar-refractivity contribution in [3.05, 3.63) is 75.6 Å². The first-order valence-corrected chi connectivity index (χ1v) is 12.0. The highest BCUT2D eigenvalue weighted by Gasteiger charge is 2.14. The number of rotatable bonds is 7. The minimum atomic E-state index is -0.123. The SMILES string of the molecule is CCn1c(COc2ccc3c(c2)CCCC3)nnc1SCc1nc2ccccc2c(=O)[nH]1. The van der Waals surface area contributed by atoms with E-state index in [1.54, 1.807) is 6.07 Å². The van der Waals surface area contributed by atoms with E-state index in [9.17, 15) is 4.79 Å². The Balaban J connectivity index is 1.27. The van der Waals surface area contributed by atoms with E-state index < -0.39 is 0 Å². The van der Waals surface area contributed by atoms with Gasteiger partial charge in [-0.3, -0.25) is 4.79 Å². The van der Waals surface area contributed by atoms with E-state index >= 15 is 0 Å². The Morgan fingerprint density at radius 2 is 1.94 bits per heavy atom. The van der Waals surface area contributed by atoms with E-state index in [-0.39, 0.29) is 5.56 Å². The Labute approximate surface area is 190 Å². The molecule has 32 heavy (non-hydrogen) atoms. The number of H-pyrrole nitrogens is 1. The Bertz CT molecular complexity index is 1310. The van der Waals surface area contributed by atoms with Crippen LogP contribution in [-0.4, -0.2) is 24.7 Å². The van der Waals surface area contributed by atoms with Crippen molar-refractivity contribution < 1.29 is 4.74 Å². The van der Waals surface area contributed by atoms with Gasteiger partial charge >= 0.3 is 0 Å². The van der Waals surface area contributed by atoms with Gasteiger partial charge < -0.3 is 14.3 Å². The summed E-state index contributed by atoms with van der Waals surface area (Å²) in [5, 5.41) is 10.1. The predicted molar refractivity (Wildman–Crippen MR) is 125 cm³/mol. The number of ether oxygens (including phenoxy) is 1. The van der Waals surface area contributed by atoms with Gasteiger partial charge in [-0.25, -0.2) is 4.98 Å². The lowest BCUT2D eigenvalue weighted by atomic mass is 9.92. The second-order valence-corrected chi connectivity index (χ2v) is 8.83. The molecule has 8 heteroatoms. The normalized spacial score (nSPS) is 13.3. The molecule has 2 aromatic carbocycles. The minimum absolute atomic E-state index is 0.123. The zero-order valence-electron chi connectivity index (χ0n) is 18.0. The number of para-hydroxylation sites is 1. The second kappa shape index (κ2) is 9.16. The van der Waals surface area contributed by atoms with Crippen LogP contribution in [-0.2, 0) is 31.7 Å². The topological polar surface area (TPSA) is 85.7 Å². The molecule has 164 valence electrons. The summed E-state index contributed by atoms with van der Waals surface area (Å²) < 4.78 is 8.09. The van der Waals surface area contributed by atoms with E-state index in [1.807, 2.05) is 28.8 Å². The van der Waals surface area contributed by atoms with Gasteiger partial charge in [0.05, 0.1) is 16.7 Å². The van der Waals surface area contributed by atoms with Crippen molar-refractivity contribution in [2.75, 3.05) is 0 Å². The number of benzene rings is 2. The summed E-state index contributed by atoms with van der Waals surface area (Å²) in [6.07, 6.45) is 4.81. The molecule has 0 atom stereocenters. The fraction of sp³-hybridized carbons (Fsp3) is 0.333. The Hall–Kier alpha value is -3.13. The molecule has 0 spiro atoms. The van der Waals surface area contributed by atoms with Crippen LogP contribution in [0.4, 0.5) is 0 Å². The fourth-order valence-electron chi connectivity index (χ4n) is 4.13. The third kappa shape index (κ3) is 4.27. The van der Waals surface area contributed by atoms with Crippen molar-refractivity contribution in [3.63, 3.8) is 0 Å². The van der Waals surface area contributed by atoms with Gasteiger partial charge in [0.1, 0.15) is 18.2 Å². The first-order chi connectivity index (χ1) is 15.7. The largest absolute Gasteiger partial charge is 0.486 e. The fourth-order valence-corrected chi connectivity index (χ4v) is 5.03. The van der Waals surface area contributed by atoms with Gasteiger partial charge in [0.15, 0.2) is 11.0 Å². The number of hydrogen-bond donors (Lipinski definition) is 1. The Morgan fingerprint density at radius 1 is 1.09 bits per heavy atom. The zero-order chi connectivity index (χ0) is 21.9. The lowest BCUT2D eigenvalue weighted by Gasteiger charge is -2.16. The lowest BCUT2D eigenvalue weighted by molar-refractivity contribution is 0.287. The number of nitrogens with one attached hydrogen (secondary N) is 1. The third-order valence-electron chi connectivity index (χ3n) is 5.80. The van der Waals surface area contributed by atoms with Gasteiger partial charge in [-0.15, -0.1) is 10.2 Å². The van der Waals surface area contributed by atoms with Crippen molar-refractivity contribution in [3.8, 4) is 5.75 Å². The van der Waals surface area contributed by atoms with E-state index in [0.717, 1.165) is 36.1 Å². The van der Waals surface area contributed by atoms with Crippen LogP contribution in [0.2, 0.25) is 0 Å². The van der Waals surface area contributed by atoms with Crippen LogP contribution in [0.1, 0.15) is 42.5 Å². The van der Waals surface area contributed by atoms with Gasteiger partial charge in [-0.1, -0.05) is 30.0 Å². The summed E-state index contributed by atoms with van der Waals surface area (Å²) in [5.41, 5.74) is 3.42. The zero-order valence-corrected chi connectivity index (χ0v) is 18.8. The molecule has 5 rings (SSSR count). The standard InChI is InChI=1S/C24H25N5O2S/c1-2-29-22(14-31-18-12-11-16-7-3-4-8-17(16)13-18)27-28-24(29)32-15-21-25-20-10-6-5-9-19(20)23(30)26-21/h5-6,9-13H,2-4,7-8,14-15H2,1H3,(H,25,26,30). The molecule has 0 aliphatic heterocycles. The van der Waals surface area contributed by atoms with Crippen molar-refractivity contribution >= 4 is 22.7 Å². The van der Waals surface area contributed by atoms with Crippen molar-refractivity contribution in [1.29, 1.82) is 0 Å². The summed E-state index contributed by atoms with van der Waals surface area (Å²) in [4.78, 5) is 19.7. The smallest absolute Gasteiger partial charge is 0.258 e. The van der Waals surface area contributed by atoms with Gasteiger partial charge in [-0.05, 0) is 68.0 Å². The van der Waals surface area contributed by atoms with Gasteiger partial charge in [0.2, 0.25) is 0 Å². The first kappa shape index (κ1) is 20.8. The summed E-state index contributed by atoms with van der Waals surface area (Å²) in [6, 6.07) is 13.8. The summed E-state index contributed by atoms with van der Waals surface area (Å²) in [5.74, 6) is 2.79. The van der Waals surface area contributed by atoms with Gasteiger partial charge in [0.25, 0.3) is 5.56 Å². The van der Waals surface area contributed by atoms with Crippen LogP contribution in [0.15, 0.2) is 52.4 Å². The minimum Gasteiger partial charge on any atom is -0.486 e. The molecule has 0 saturated heterocycles. The molecule has 0 saturated carbocycles. The van der Waals surface area contributed by atoms with Crippen molar-refractivity contribution in [1.82, 2.24) is 24.7 Å². The molecule has 0 amide bonds. The molecule has 2 heterocycles. The van der Waals surface area contributed by atoms with E-state index in [0.29, 0.717) is 29.1 Å². The van der Waals surface area contributed by atoms with E-state index in [1.165, 1.54) is 35.7 Å². The quantitative estimate of drug-likeness (QED) is 0.426. The average Bonchev–Trinajstić information content (AvgIpc) is 3.23. The highest BCUT2D eigenvalue weighted by atomic mass is 32.2. The maximum atomic E-state index is 12.3. The molecule has 7 nitrogen and oxygen atoms in total. The third-order valence-corrected chi connectivity index (χ3v) is 6.78. The number of aromatic amines is 1. The van der Waals surface area contributed by atoms with Crippen LogP contribution >= 0.6 is 11.8 Å². The summed E-state index contributed by atoms with van der Waals surface area (Å²) in [6.45, 7) is 3.16. The maximum Gasteiger partial charge on any atom is 0.258 e. The molecule has 1 aliphatic carbocycles. The molecule has 0 unspecified atom stereocenters. The van der Waals surface area contributed by atoms with Gasteiger partial charge in [0, 0.05) is 6.54 Å². The molecular formula is C24H25N5O2S. The van der Waals surface area contributed by atoms with Crippen LogP contribution in [0.25, 0.3) is 10.9 Å². The van der Waals surface area contributed by atoms with E-state index in [4.69, 9.17) is 4.74 Å². The number of aryl methyl sites for hydroxylation is 2. The Kier molecular flexibility index (Phi) is 5.94. The molecule has 0 fully saturated rings. The number of thioether (sulfide) groups is 1. The number of nitrogens with zero attached hydrogens (tertiary/aromatic N) is 4. The van der Waals surface area contributed by atoms with Crippen LogP contribution in [0.3, 0.4) is 0 Å². The molecular weight excluding hydrogens is 422 g/mol. The second-order valence-electron chi connectivity index (χ2n) is 7.89. The summed E-state index contributed by atoms with van der Waals surface area (Å²) >= 11 is 1.50. The molecule has 1 aliphatic rings. The van der Waals surface area contributed by atoms with Gasteiger partial charge in [-0.2, -0.15) is 0 Å². The number of aromatic nitrogens is 5. The molecule has 1 N–H and O–H groups in total. The average molecular weight is 448 g/mol. The first-order valence-electron chi connectivity index (χ1n) is 11.0. The van der Waals surface area contributed by atoms with Crippen molar-refractivity contribution in [2.45, 2.75) is 56.7 Å². The van der Waals surface area contributed by atoms with Crippen LogP contribution in [0.5, 0.6) is 5.75 Å². The number of hydrogen-bond acceptors (Lipinski definition) is 6. The lowest BCUT2D eigenvalue weighted by Crippen LogP contribution is -2.11.